The van der Waals surface area contributed by atoms with Crippen molar-refractivity contribution in [3.8, 4) is 17.0 Å². The molecule has 5 rings (SSSR count). The van der Waals surface area contributed by atoms with Crippen LogP contribution in [0.3, 0.4) is 0 Å². The Bertz CT molecular complexity index is 1310. The van der Waals surface area contributed by atoms with Crippen LogP contribution in [0, 0.1) is 13.8 Å². The minimum atomic E-state index is 0.440. The van der Waals surface area contributed by atoms with Crippen molar-refractivity contribution in [1.82, 2.24) is 15.3 Å². The number of rotatable bonds is 7. The van der Waals surface area contributed by atoms with Crippen molar-refractivity contribution in [2.45, 2.75) is 77.8 Å². The van der Waals surface area contributed by atoms with Gasteiger partial charge in [0.2, 0.25) is 0 Å². The van der Waals surface area contributed by atoms with Gasteiger partial charge in [-0.25, -0.2) is 0 Å². The zero-order chi connectivity index (χ0) is 25.2. The van der Waals surface area contributed by atoms with E-state index in [1.54, 1.807) is 7.11 Å². The van der Waals surface area contributed by atoms with E-state index in [4.69, 9.17) is 4.74 Å². The normalized spacial score (nSPS) is 18.2. The van der Waals surface area contributed by atoms with E-state index in [1.165, 1.54) is 64.5 Å². The zero-order valence-electron chi connectivity index (χ0n) is 22.3. The van der Waals surface area contributed by atoms with Gasteiger partial charge in [0.1, 0.15) is 5.75 Å². The van der Waals surface area contributed by atoms with E-state index >= 15 is 0 Å². The standard InChI is InChI=1S/C32H39N3O/c1-20(2)31-29-18-25(10-15-30(29)35-32(31)26-16-21(3)34-22(4)17-26)24-8-11-27(12-9-24)33-19-23-6-13-28(36-5)14-7-23/h6-7,10,13-18,20,24,27,33,35H,8-9,11-12,19H2,1-5H3. The summed E-state index contributed by atoms with van der Waals surface area (Å²) >= 11 is 0. The van der Waals surface area contributed by atoms with Gasteiger partial charge in [-0.15, -0.1) is 0 Å². The van der Waals surface area contributed by atoms with Crippen molar-refractivity contribution >= 4 is 10.9 Å². The van der Waals surface area contributed by atoms with Crippen LogP contribution < -0.4 is 10.1 Å². The first kappa shape index (κ1) is 24.6. The third-order valence-corrected chi connectivity index (χ3v) is 7.76. The third-order valence-electron chi connectivity index (χ3n) is 7.76. The lowest BCUT2D eigenvalue weighted by Crippen LogP contribution is -2.32. The Labute approximate surface area is 215 Å². The van der Waals surface area contributed by atoms with Crippen LogP contribution in [0.15, 0.2) is 54.6 Å². The molecular formula is C32H39N3O. The van der Waals surface area contributed by atoms with Gasteiger partial charge in [-0.05, 0) is 104 Å². The van der Waals surface area contributed by atoms with E-state index < -0.39 is 0 Å². The number of aromatic nitrogens is 2. The van der Waals surface area contributed by atoms with E-state index in [1.807, 2.05) is 12.1 Å². The Morgan fingerprint density at radius 3 is 2.28 bits per heavy atom. The molecule has 188 valence electrons. The van der Waals surface area contributed by atoms with Gasteiger partial charge in [0.25, 0.3) is 0 Å². The number of hydrogen-bond donors (Lipinski definition) is 2. The van der Waals surface area contributed by atoms with Gasteiger partial charge in [0.15, 0.2) is 0 Å². The maximum atomic E-state index is 5.27. The van der Waals surface area contributed by atoms with Gasteiger partial charge in [-0.1, -0.05) is 32.0 Å². The van der Waals surface area contributed by atoms with Gasteiger partial charge >= 0.3 is 0 Å². The van der Waals surface area contributed by atoms with Gasteiger partial charge < -0.3 is 15.0 Å². The number of hydrogen-bond acceptors (Lipinski definition) is 3. The molecule has 2 heterocycles. The number of nitrogens with zero attached hydrogens (tertiary/aromatic N) is 1. The first-order chi connectivity index (χ1) is 17.4. The maximum absolute atomic E-state index is 5.27. The summed E-state index contributed by atoms with van der Waals surface area (Å²) in [5.41, 5.74) is 10.1. The van der Waals surface area contributed by atoms with Crippen LogP contribution in [0.1, 0.15) is 79.4 Å². The number of fused-ring (bicyclic) bond motifs is 1. The zero-order valence-corrected chi connectivity index (χ0v) is 22.3. The average Bonchev–Trinajstić information content (AvgIpc) is 3.27. The molecule has 1 aliphatic carbocycles. The monoisotopic (exact) mass is 481 g/mol. The molecule has 1 fully saturated rings. The van der Waals surface area contributed by atoms with Gasteiger partial charge in [0, 0.05) is 40.4 Å². The van der Waals surface area contributed by atoms with E-state index in [0.717, 1.165) is 23.7 Å². The number of benzene rings is 2. The molecule has 4 aromatic rings. The number of nitrogens with one attached hydrogen (secondary N) is 2. The summed E-state index contributed by atoms with van der Waals surface area (Å²) in [5.74, 6) is 1.99. The summed E-state index contributed by atoms with van der Waals surface area (Å²) in [4.78, 5) is 8.33. The van der Waals surface area contributed by atoms with Crippen LogP contribution in [-0.2, 0) is 6.54 Å². The molecule has 2 aromatic heterocycles. The number of pyridine rings is 1. The van der Waals surface area contributed by atoms with E-state index in [2.05, 4.69) is 85.4 Å². The molecule has 1 aliphatic rings. The smallest absolute Gasteiger partial charge is 0.118 e. The molecule has 0 bridgehead atoms. The van der Waals surface area contributed by atoms with E-state index in [9.17, 15) is 0 Å². The fourth-order valence-corrected chi connectivity index (χ4v) is 5.93. The van der Waals surface area contributed by atoms with Crippen LogP contribution in [0.5, 0.6) is 5.75 Å². The van der Waals surface area contributed by atoms with Gasteiger partial charge in [-0.3, -0.25) is 4.98 Å². The number of methoxy groups -OCH3 is 1. The molecule has 0 radical (unpaired) electrons. The average molecular weight is 482 g/mol. The lowest BCUT2D eigenvalue weighted by molar-refractivity contribution is 0.341. The van der Waals surface area contributed by atoms with Crippen LogP contribution in [0.25, 0.3) is 22.2 Å². The van der Waals surface area contributed by atoms with Crippen molar-refractivity contribution < 1.29 is 4.74 Å². The molecule has 0 saturated heterocycles. The Kier molecular flexibility index (Phi) is 7.15. The van der Waals surface area contributed by atoms with Crippen molar-refractivity contribution in [2.75, 3.05) is 7.11 Å². The van der Waals surface area contributed by atoms with Crippen molar-refractivity contribution in [1.29, 1.82) is 0 Å². The highest BCUT2D eigenvalue weighted by molar-refractivity contribution is 5.92. The van der Waals surface area contributed by atoms with E-state index in [0.29, 0.717) is 17.9 Å². The minimum Gasteiger partial charge on any atom is -0.497 e. The lowest BCUT2D eigenvalue weighted by atomic mass is 9.81. The van der Waals surface area contributed by atoms with Crippen LogP contribution in [0.4, 0.5) is 0 Å². The fourth-order valence-electron chi connectivity index (χ4n) is 5.93. The first-order valence-corrected chi connectivity index (χ1v) is 13.4. The maximum Gasteiger partial charge on any atom is 0.118 e. The Morgan fingerprint density at radius 2 is 1.64 bits per heavy atom. The van der Waals surface area contributed by atoms with Crippen LogP contribution in [0.2, 0.25) is 0 Å². The van der Waals surface area contributed by atoms with Crippen molar-refractivity contribution in [3.05, 3.63) is 82.7 Å². The molecule has 4 nitrogen and oxygen atoms in total. The molecule has 0 unspecified atom stereocenters. The van der Waals surface area contributed by atoms with Crippen LogP contribution in [-0.4, -0.2) is 23.1 Å². The predicted octanol–water partition coefficient (Wildman–Crippen LogP) is 7.79. The Morgan fingerprint density at radius 1 is 0.944 bits per heavy atom. The fraction of sp³-hybridized carbons (Fsp3) is 0.406. The second-order valence-corrected chi connectivity index (χ2v) is 10.8. The highest BCUT2D eigenvalue weighted by atomic mass is 16.5. The number of aromatic amines is 1. The Balaban J connectivity index is 1.31. The number of aryl methyl sites for hydroxylation is 2. The summed E-state index contributed by atoms with van der Waals surface area (Å²) in [5, 5.41) is 5.16. The second kappa shape index (κ2) is 10.5. The van der Waals surface area contributed by atoms with Gasteiger partial charge in [0.05, 0.1) is 12.8 Å². The number of H-pyrrole nitrogens is 1. The molecule has 0 aliphatic heterocycles. The topological polar surface area (TPSA) is 49.9 Å². The summed E-state index contributed by atoms with van der Waals surface area (Å²) in [6.45, 7) is 9.69. The molecule has 4 heteroatoms. The number of ether oxygens (including phenoxy) is 1. The highest BCUT2D eigenvalue weighted by Crippen LogP contribution is 2.39. The summed E-state index contributed by atoms with van der Waals surface area (Å²) in [7, 11) is 1.71. The summed E-state index contributed by atoms with van der Waals surface area (Å²) < 4.78 is 5.27. The molecule has 0 spiro atoms. The van der Waals surface area contributed by atoms with Crippen molar-refractivity contribution in [2.24, 2.45) is 0 Å². The highest BCUT2D eigenvalue weighted by Gasteiger charge is 2.24. The first-order valence-electron chi connectivity index (χ1n) is 13.4. The second-order valence-electron chi connectivity index (χ2n) is 10.8. The van der Waals surface area contributed by atoms with Crippen LogP contribution >= 0.6 is 0 Å². The molecule has 0 atom stereocenters. The lowest BCUT2D eigenvalue weighted by Gasteiger charge is -2.29. The van der Waals surface area contributed by atoms with Gasteiger partial charge in [-0.2, -0.15) is 0 Å². The Hall–Kier alpha value is -3.11. The summed E-state index contributed by atoms with van der Waals surface area (Å²) in [6.07, 6.45) is 4.93. The predicted molar refractivity (Wildman–Crippen MR) is 150 cm³/mol. The molecule has 2 aromatic carbocycles. The molecule has 1 saturated carbocycles. The molecule has 36 heavy (non-hydrogen) atoms. The van der Waals surface area contributed by atoms with E-state index in [-0.39, 0.29) is 0 Å². The van der Waals surface area contributed by atoms with Crippen molar-refractivity contribution in [3.63, 3.8) is 0 Å². The SMILES string of the molecule is COc1ccc(CNC2CCC(c3ccc4[nH]c(-c5cc(C)nc(C)c5)c(C(C)C)c4c3)CC2)cc1. The summed E-state index contributed by atoms with van der Waals surface area (Å²) in [6, 6.07) is 20.5. The molecule has 0 amide bonds. The largest absolute Gasteiger partial charge is 0.497 e. The third kappa shape index (κ3) is 5.19. The quantitative estimate of drug-likeness (QED) is 0.283. The molecule has 2 N–H and O–H groups in total. The molecular weight excluding hydrogens is 442 g/mol. The minimum absolute atomic E-state index is 0.440.